The van der Waals surface area contributed by atoms with Gasteiger partial charge in [0.15, 0.2) is 0 Å². The highest BCUT2D eigenvalue weighted by molar-refractivity contribution is 7.70. The van der Waals surface area contributed by atoms with E-state index >= 15 is 0 Å². The summed E-state index contributed by atoms with van der Waals surface area (Å²) in [6.45, 7) is 10.6. The van der Waals surface area contributed by atoms with Crippen LogP contribution in [0.5, 0.6) is 0 Å². The standard InChI is InChI=1S/C27H36N7O2P/c1-8-25(35)30-22-17-20(13-14-23(22)34(5)16-15-33(3)4)29-27-28-18-19(2)26(32-27)31-21-11-9-10-12-24(21)37(6,7)36/h8-14,17-18H,1,15-16H2,2-7H3,(H,30,35)(H2,28,29,31,32). The molecule has 3 aromatic rings. The van der Waals surface area contributed by atoms with Crippen molar-refractivity contribution in [2.24, 2.45) is 0 Å². The number of rotatable bonds is 11. The molecule has 196 valence electrons. The molecule has 2 aromatic carbocycles. The SMILES string of the molecule is C=CC(=O)Nc1cc(Nc2ncc(C)c(Nc3ccccc3P(C)(C)=O)n2)ccc1N(C)CCN(C)C. The van der Waals surface area contributed by atoms with E-state index in [2.05, 4.69) is 42.3 Å². The molecule has 1 heterocycles. The second-order valence-corrected chi connectivity index (χ2v) is 12.7. The van der Waals surface area contributed by atoms with Crippen LogP contribution in [-0.2, 0) is 9.36 Å². The van der Waals surface area contributed by atoms with E-state index in [0.717, 1.165) is 35.3 Å². The van der Waals surface area contributed by atoms with Crippen LogP contribution in [0.4, 0.5) is 34.5 Å². The summed E-state index contributed by atoms with van der Waals surface area (Å²) < 4.78 is 12.8. The Morgan fingerprint density at radius 1 is 1.05 bits per heavy atom. The number of hydrogen-bond acceptors (Lipinski definition) is 8. The zero-order valence-electron chi connectivity index (χ0n) is 22.4. The number of benzene rings is 2. The Hall–Kier alpha value is -3.68. The molecule has 0 unspecified atom stereocenters. The average molecular weight is 522 g/mol. The number of amides is 1. The quantitative estimate of drug-likeness (QED) is 0.248. The third-order valence-corrected chi connectivity index (χ3v) is 7.25. The molecule has 9 nitrogen and oxygen atoms in total. The minimum absolute atomic E-state index is 0.291. The van der Waals surface area contributed by atoms with Gasteiger partial charge in [0.2, 0.25) is 11.9 Å². The first-order chi connectivity index (χ1) is 17.5. The molecule has 10 heteroatoms. The number of para-hydroxylation sites is 1. The predicted molar refractivity (Wildman–Crippen MR) is 156 cm³/mol. The number of likely N-dealkylation sites (N-methyl/N-ethyl adjacent to an activating group) is 2. The van der Waals surface area contributed by atoms with Gasteiger partial charge in [-0.25, -0.2) is 4.98 Å². The van der Waals surface area contributed by atoms with Crippen molar-refractivity contribution in [3.8, 4) is 0 Å². The second kappa shape index (κ2) is 12.0. The Kier molecular flexibility index (Phi) is 9.08. The van der Waals surface area contributed by atoms with E-state index in [0.29, 0.717) is 23.1 Å². The Labute approximate surface area is 219 Å². The van der Waals surface area contributed by atoms with Gasteiger partial charge in [-0.1, -0.05) is 18.7 Å². The van der Waals surface area contributed by atoms with Gasteiger partial charge in [-0.05, 0) is 70.8 Å². The van der Waals surface area contributed by atoms with Crippen LogP contribution in [0.1, 0.15) is 5.56 Å². The molecule has 0 aliphatic heterocycles. The highest BCUT2D eigenvalue weighted by atomic mass is 31.2. The molecule has 0 radical (unpaired) electrons. The largest absolute Gasteiger partial charge is 0.372 e. The summed E-state index contributed by atoms with van der Waals surface area (Å²) in [6.07, 6.45) is 2.97. The van der Waals surface area contributed by atoms with Gasteiger partial charge in [0.25, 0.3) is 0 Å². The molecular weight excluding hydrogens is 485 g/mol. The van der Waals surface area contributed by atoms with Gasteiger partial charge in [-0.3, -0.25) is 4.79 Å². The van der Waals surface area contributed by atoms with Crippen molar-refractivity contribution in [2.75, 3.05) is 68.4 Å². The van der Waals surface area contributed by atoms with Gasteiger partial charge in [0.05, 0.1) is 17.1 Å². The molecular formula is C27H36N7O2P. The molecule has 0 saturated carbocycles. The molecule has 0 aliphatic rings. The zero-order chi connectivity index (χ0) is 27.2. The van der Waals surface area contributed by atoms with Crippen LogP contribution in [0.25, 0.3) is 0 Å². The van der Waals surface area contributed by atoms with Crippen molar-refractivity contribution in [3.63, 3.8) is 0 Å². The summed E-state index contributed by atoms with van der Waals surface area (Å²) in [5.74, 6) is 0.704. The molecule has 0 bridgehead atoms. The lowest BCUT2D eigenvalue weighted by molar-refractivity contribution is -0.111. The first-order valence-electron chi connectivity index (χ1n) is 11.9. The van der Waals surface area contributed by atoms with Crippen LogP contribution in [0.3, 0.4) is 0 Å². The first kappa shape index (κ1) is 27.9. The Morgan fingerprint density at radius 3 is 2.46 bits per heavy atom. The average Bonchev–Trinajstić information content (AvgIpc) is 2.84. The van der Waals surface area contributed by atoms with Crippen molar-refractivity contribution in [1.82, 2.24) is 14.9 Å². The Morgan fingerprint density at radius 2 is 1.78 bits per heavy atom. The topological polar surface area (TPSA) is 102 Å². The Bertz CT molecular complexity index is 1320. The van der Waals surface area contributed by atoms with E-state index in [1.807, 2.05) is 70.5 Å². The molecule has 0 spiro atoms. The number of carbonyl (C=O) groups excluding carboxylic acids is 1. The van der Waals surface area contributed by atoms with E-state index in [1.165, 1.54) is 6.08 Å². The maximum Gasteiger partial charge on any atom is 0.247 e. The van der Waals surface area contributed by atoms with E-state index in [9.17, 15) is 9.36 Å². The summed E-state index contributed by atoms with van der Waals surface area (Å²) in [7, 11) is 3.54. The number of carbonyl (C=O) groups is 1. The van der Waals surface area contributed by atoms with Crippen LogP contribution in [0, 0.1) is 6.92 Å². The lowest BCUT2D eigenvalue weighted by atomic mass is 10.2. The maximum atomic E-state index is 12.8. The van der Waals surface area contributed by atoms with E-state index < -0.39 is 7.14 Å². The van der Waals surface area contributed by atoms with Crippen LogP contribution < -0.4 is 26.2 Å². The summed E-state index contributed by atoms with van der Waals surface area (Å²) in [6, 6.07) is 13.2. The zero-order valence-corrected chi connectivity index (χ0v) is 23.3. The summed E-state index contributed by atoms with van der Waals surface area (Å²) >= 11 is 0. The third-order valence-electron chi connectivity index (χ3n) is 5.70. The van der Waals surface area contributed by atoms with Gasteiger partial charge in [-0.15, -0.1) is 0 Å². The van der Waals surface area contributed by atoms with Crippen molar-refractivity contribution in [2.45, 2.75) is 6.92 Å². The van der Waals surface area contributed by atoms with Crippen molar-refractivity contribution in [3.05, 3.63) is 66.9 Å². The molecule has 0 aliphatic carbocycles. The number of anilines is 6. The highest BCUT2D eigenvalue weighted by Crippen LogP contribution is 2.38. The fraction of sp³-hybridized carbons (Fsp3) is 0.296. The highest BCUT2D eigenvalue weighted by Gasteiger charge is 2.17. The number of aryl methyl sites for hydroxylation is 1. The van der Waals surface area contributed by atoms with Gasteiger partial charge < -0.3 is 30.3 Å². The fourth-order valence-electron chi connectivity index (χ4n) is 3.64. The molecule has 3 rings (SSSR count). The molecule has 37 heavy (non-hydrogen) atoms. The van der Waals surface area contributed by atoms with Crippen molar-refractivity contribution >= 4 is 52.9 Å². The van der Waals surface area contributed by atoms with Crippen molar-refractivity contribution in [1.29, 1.82) is 0 Å². The molecule has 0 atom stereocenters. The van der Waals surface area contributed by atoms with E-state index in [1.54, 1.807) is 19.5 Å². The molecule has 1 aromatic heterocycles. The molecule has 3 N–H and O–H groups in total. The first-order valence-corrected chi connectivity index (χ1v) is 14.5. The number of nitrogens with one attached hydrogen (secondary N) is 3. The smallest absolute Gasteiger partial charge is 0.247 e. The van der Waals surface area contributed by atoms with E-state index in [-0.39, 0.29) is 5.91 Å². The minimum atomic E-state index is -2.49. The number of nitrogens with zero attached hydrogens (tertiary/aromatic N) is 4. The van der Waals surface area contributed by atoms with Gasteiger partial charge >= 0.3 is 0 Å². The maximum absolute atomic E-state index is 12.8. The second-order valence-electron chi connectivity index (χ2n) is 9.49. The summed E-state index contributed by atoms with van der Waals surface area (Å²) in [5.41, 5.74) is 3.85. The lowest BCUT2D eigenvalue weighted by Crippen LogP contribution is -2.29. The van der Waals surface area contributed by atoms with Crippen LogP contribution in [0.15, 0.2) is 61.3 Å². The molecule has 0 fully saturated rings. The Balaban J connectivity index is 1.89. The van der Waals surface area contributed by atoms with Gasteiger partial charge in [0, 0.05) is 42.9 Å². The third kappa shape index (κ3) is 7.65. The summed E-state index contributed by atoms with van der Waals surface area (Å²) in [5, 5.41) is 10.2. The fourth-order valence-corrected chi connectivity index (χ4v) is 4.79. The minimum Gasteiger partial charge on any atom is -0.372 e. The van der Waals surface area contributed by atoms with Gasteiger partial charge in [0.1, 0.15) is 13.0 Å². The van der Waals surface area contributed by atoms with Crippen molar-refractivity contribution < 1.29 is 9.36 Å². The van der Waals surface area contributed by atoms with Gasteiger partial charge in [-0.2, -0.15) is 4.98 Å². The molecule has 1 amide bonds. The van der Waals surface area contributed by atoms with Crippen LogP contribution in [0.2, 0.25) is 0 Å². The van der Waals surface area contributed by atoms with Crippen LogP contribution >= 0.6 is 7.14 Å². The molecule has 0 saturated heterocycles. The number of hydrogen-bond donors (Lipinski definition) is 3. The van der Waals surface area contributed by atoms with Crippen LogP contribution in [-0.4, -0.2) is 68.3 Å². The van der Waals surface area contributed by atoms with E-state index in [4.69, 9.17) is 0 Å². The normalized spacial score (nSPS) is 11.2. The number of aromatic nitrogens is 2. The monoisotopic (exact) mass is 521 g/mol. The predicted octanol–water partition coefficient (Wildman–Crippen LogP) is 4.64. The summed E-state index contributed by atoms with van der Waals surface area (Å²) in [4.78, 5) is 25.4. The lowest BCUT2D eigenvalue weighted by Gasteiger charge is -2.24.